The number of carbonyl (C=O) groups excluding carboxylic acids is 1. The molecule has 1 aliphatic carbocycles. The molecule has 0 spiro atoms. The molecule has 0 amide bonds. The molecular weight excluding hydrogens is 291 g/mol. The first-order chi connectivity index (χ1) is 9.29. The molecule has 1 aromatic rings. The summed E-state index contributed by atoms with van der Waals surface area (Å²) in [7, 11) is 0. The Labute approximate surface area is 119 Å². The fourth-order valence-electron chi connectivity index (χ4n) is 2.43. The molecule has 0 bridgehead atoms. The third-order valence-electron chi connectivity index (χ3n) is 3.52. The summed E-state index contributed by atoms with van der Waals surface area (Å²) in [5.74, 6) is -0.200. The number of Topliss-reactive ketones (excluding diaryl/α,β-unsaturated/α-hetero) is 1. The molecule has 0 heterocycles. The molecule has 0 aliphatic heterocycles. The van der Waals surface area contributed by atoms with Crippen molar-refractivity contribution in [3.8, 4) is 6.07 Å². The smallest absolute Gasteiger partial charge is 0.297 e. The topological polar surface area (TPSA) is 40.9 Å². The van der Waals surface area contributed by atoms with Crippen LogP contribution in [0.2, 0.25) is 0 Å². The van der Waals surface area contributed by atoms with E-state index < -0.39 is 22.2 Å². The average Bonchev–Trinajstić information content (AvgIpc) is 2.40. The molecule has 1 atom stereocenters. The van der Waals surface area contributed by atoms with E-state index in [0.717, 1.165) is 25.0 Å². The van der Waals surface area contributed by atoms with Gasteiger partial charge in [0.05, 0.1) is 17.2 Å². The zero-order valence-electron chi connectivity index (χ0n) is 10.4. The van der Waals surface area contributed by atoms with E-state index in [1.54, 1.807) is 0 Å². The second-order valence-corrected chi connectivity index (χ2v) is 5.45. The highest BCUT2D eigenvalue weighted by Gasteiger charge is 2.41. The van der Waals surface area contributed by atoms with Crippen molar-refractivity contribution in [3.63, 3.8) is 0 Å². The fraction of sp³-hybridized carbons (Fsp3) is 0.429. The maximum Gasteiger partial charge on any atom is 0.417 e. The second-order valence-electron chi connectivity index (χ2n) is 4.80. The van der Waals surface area contributed by atoms with Crippen molar-refractivity contribution in [2.45, 2.75) is 36.7 Å². The number of ketones is 1. The molecule has 2 rings (SSSR count). The lowest BCUT2D eigenvalue weighted by molar-refractivity contribution is -0.137. The van der Waals surface area contributed by atoms with Gasteiger partial charge >= 0.3 is 6.18 Å². The van der Waals surface area contributed by atoms with Crippen LogP contribution in [0.3, 0.4) is 0 Å². The minimum atomic E-state index is -4.60. The van der Waals surface area contributed by atoms with Crippen LogP contribution in [0.5, 0.6) is 0 Å². The van der Waals surface area contributed by atoms with Crippen molar-refractivity contribution < 1.29 is 18.0 Å². The van der Waals surface area contributed by atoms with Crippen molar-refractivity contribution in [1.82, 2.24) is 0 Å². The molecule has 0 aromatic heterocycles. The average molecular weight is 302 g/mol. The molecular formula is C14H11ClF3NO. The van der Waals surface area contributed by atoms with Gasteiger partial charge in [0.15, 0.2) is 5.78 Å². The summed E-state index contributed by atoms with van der Waals surface area (Å²) in [6, 6.07) is 4.62. The molecule has 2 nitrogen and oxygen atoms in total. The van der Waals surface area contributed by atoms with Crippen LogP contribution in [0.1, 0.15) is 42.4 Å². The van der Waals surface area contributed by atoms with Gasteiger partial charge in [-0.1, -0.05) is 12.5 Å². The van der Waals surface area contributed by atoms with Crippen LogP contribution in [0.15, 0.2) is 18.2 Å². The summed E-state index contributed by atoms with van der Waals surface area (Å²) in [6.07, 6.45) is -2.44. The first kappa shape index (κ1) is 14.9. The van der Waals surface area contributed by atoms with E-state index in [1.165, 1.54) is 12.1 Å². The third kappa shape index (κ3) is 2.53. The first-order valence-electron chi connectivity index (χ1n) is 6.13. The summed E-state index contributed by atoms with van der Waals surface area (Å²) >= 11 is 6.31. The maximum absolute atomic E-state index is 12.7. The number of hydrogen-bond acceptors (Lipinski definition) is 2. The van der Waals surface area contributed by atoms with E-state index >= 15 is 0 Å². The zero-order chi connectivity index (χ0) is 15.0. The predicted molar refractivity (Wildman–Crippen MR) is 67.2 cm³/mol. The highest BCUT2D eigenvalue weighted by atomic mass is 35.5. The van der Waals surface area contributed by atoms with Crippen molar-refractivity contribution in [3.05, 3.63) is 34.9 Å². The number of rotatable bonds is 1. The molecule has 1 aromatic carbocycles. The summed E-state index contributed by atoms with van der Waals surface area (Å²) in [4.78, 5) is 10.7. The van der Waals surface area contributed by atoms with E-state index in [-0.39, 0.29) is 11.3 Å². The van der Waals surface area contributed by atoms with Gasteiger partial charge in [-0.2, -0.15) is 18.4 Å². The summed E-state index contributed by atoms with van der Waals surface area (Å²) in [5.41, 5.74) is -1.24. The van der Waals surface area contributed by atoms with E-state index in [9.17, 15) is 18.0 Å². The minimum absolute atomic E-state index is 0.200. The standard InChI is InChI=1S/C14H11ClF3NO/c15-13(6-2-1-3-12(13)20)10-4-5-11(14(16,17)18)9(7-10)8-19/h4-5,7H,1-3,6H2. The molecule has 1 saturated carbocycles. The second kappa shape index (κ2) is 5.10. The van der Waals surface area contributed by atoms with Crippen molar-refractivity contribution in [2.75, 3.05) is 0 Å². The predicted octanol–water partition coefficient (Wildman–Crippen LogP) is 4.15. The van der Waals surface area contributed by atoms with Gasteiger partial charge in [0.1, 0.15) is 4.87 Å². The van der Waals surface area contributed by atoms with E-state index in [0.29, 0.717) is 12.8 Å². The molecule has 6 heteroatoms. The van der Waals surface area contributed by atoms with E-state index in [1.807, 2.05) is 0 Å². The molecule has 106 valence electrons. The lowest BCUT2D eigenvalue weighted by atomic mass is 9.81. The van der Waals surface area contributed by atoms with Crippen LogP contribution in [0, 0.1) is 11.3 Å². The zero-order valence-corrected chi connectivity index (χ0v) is 11.2. The van der Waals surface area contributed by atoms with Crippen LogP contribution >= 0.6 is 11.6 Å². The molecule has 20 heavy (non-hydrogen) atoms. The van der Waals surface area contributed by atoms with Crippen LogP contribution in [-0.4, -0.2) is 5.78 Å². The van der Waals surface area contributed by atoms with Crippen molar-refractivity contribution >= 4 is 17.4 Å². The minimum Gasteiger partial charge on any atom is -0.297 e. The molecule has 0 radical (unpaired) electrons. The summed E-state index contributed by atoms with van der Waals surface area (Å²) in [6.45, 7) is 0. The van der Waals surface area contributed by atoms with Gasteiger partial charge in [0.2, 0.25) is 0 Å². The Morgan fingerprint density at radius 2 is 2.00 bits per heavy atom. The van der Waals surface area contributed by atoms with Crippen molar-refractivity contribution in [2.24, 2.45) is 0 Å². The van der Waals surface area contributed by atoms with Crippen LogP contribution in [0.4, 0.5) is 13.2 Å². The van der Waals surface area contributed by atoms with Gasteiger partial charge in [-0.3, -0.25) is 4.79 Å². The van der Waals surface area contributed by atoms with Crippen LogP contribution < -0.4 is 0 Å². The largest absolute Gasteiger partial charge is 0.417 e. The first-order valence-corrected chi connectivity index (χ1v) is 6.51. The van der Waals surface area contributed by atoms with Gasteiger partial charge in [-0.25, -0.2) is 0 Å². The molecule has 0 saturated heterocycles. The van der Waals surface area contributed by atoms with E-state index in [2.05, 4.69) is 0 Å². The maximum atomic E-state index is 12.7. The SMILES string of the molecule is N#Cc1cc(C2(Cl)CCCCC2=O)ccc1C(F)(F)F. The Kier molecular flexibility index (Phi) is 3.79. The number of carbonyl (C=O) groups is 1. The lowest BCUT2D eigenvalue weighted by Gasteiger charge is -2.30. The number of nitriles is 1. The van der Waals surface area contributed by atoms with Gasteiger partial charge in [0, 0.05) is 6.42 Å². The van der Waals surface area contributed by atoms with Crippen LogP contribution in [0.25, 0.3) is 0 Å². The molecule has 1 unspecified atom stereocenters. The Morgan fingerprint density at radius 1 is 1.30 bits per heavy atom. The van der Waals surface area contributed by atoms with Gasteiger partial charge in [-0.15, -0.1) is 11.6 Å². The fourth-order valence-corrected chi connectivity index (χ4v) is 2.77. The monoisotopic (exact) mass is 301 g/mol. The van der Waals surface area contributed by atoms with Gasteiger partial charge < -0.3 is 0 Å². The van der Waals surface area contributed by atoms with E-state index in [4.69, 9.17) is 16.9 Å². The lowest BCUT2D eigenvalue weighted by Crippen LogP contribution is -2.33. The Morgan fingerprint density at radius 3 is 2.55 bits per heavy atom. The number of benzene rings is 1. The molecule has 1 fully saturated rings. The van der Waals surface area contributed by atoms with Gasteiger partial charge in [0.25, 0.3) is 0 Å². The Bertz CT molecular complexity index is 591. The highest BCUT2D eigenvalue weighted by Crippen LogP contribution is 2.42. The van der Waals surface area contributed by atoms with Crippen molar-refractivity contribution in [1.29, 1.82) is 5.26 Å². The van der Waals surface area contributed by atoms with Crippen LogP contribution in [-0.2, 0) is 15.8 Å². The number of nitrogens with zero attached hydrogens (tertiary/aromatic N) is 1. The summed E-state index contributed by atoms with van der Waals surface area (Å²) < 4.78 is 38.2. The molecule has 0 N–H and O–H groups in total. The third-order valence-corrected chi connectivity index (χ3v) is 4.14. The number of halogens is 4. The number of alkyl halides is 4. The van der Waals surface area contributed by atoms with Gasteiger partial charge in [-0.05, 0) is 30.5 Å². The highest BCUT2D eigenvalue weighted by molar-refractivity contribution is 6.35. The Balaban J connectivity index is 2.50. The summed E-state index contributed by atoms with van der Waals surface area (Å²) in [5, 5.41) is 8.88. The quantitative estimate of drug-likeness (QED) is 0.731. The molecule has 1 aliphatic rings. The Hall–Kier alpha value is -1.54. The number of hydrogen-bond donors (Lipinski definition) is 0. The normalized spacial score (nSPS) is 23.4.